The van der Waals surface area contributed by atoms with Gasteiger partial charge in [0.25, 0.3) is 0 Å². The highest BCUT2D eigenvalue weighted by Crippen LogP contribution is 2.25. The Balaban J connectivity index is 1.50. The number of hydrogen-bond donors (Lipinski definition) is 0. The molecule has 0 saturated heterocycles. The van der Waals surface area contributed by atoms with E-state index in [1.165, 1.54) is 0 Å². The van der Waals surface area contributed by atoms with Gasteiger partial charge >= 0.3 is 5.97 Å². The molecule has 172 valence electrons. The van der Waals surface area contributed by atoms with Gasteiger partial charge in [-0.3, -0.25) is 4.79 Å². The van der Waals surface area contributed by atoms with Gasteiger partial charge in [0.2, 0.25) is 0 Å². The maximum absolute atomic E-state index is 11.9. The van der Waals surface area contributed by atoms with Gasteiger partial charge in [0.1, 0.15) is 11.5 Å². The topological polar surface area (TPSA) is 62.6 Å². The van der Waals surface area contributed by atoms with Crippen molar-refractivity contribution in [1.29, 1.82) is 0 Å². The molecule has 0 N–H and O–H groups in total. The normalized spacial score (nSPS) is 11.3. The summed E-state index contributed by atoms with van der Waals surface area (Å²) in [7, 11) is 0. The van der Waals surface area contributed by atoms with Gasteiger partial charge < -0.3 is 18.8 Å². The van der Waals surface area contributed by atoms with Crippen LogP contribution in [0.2, 0.25) is 0 Å². The number of unbranched alkanes of at least 4 members (excludes halogenated alkanes) is 4. The summed E-state index contributed by atoms with van der Waals surface area (Å²) in [4.78, 5) is 15.9. The van der Waals surface area contributed by atoms with Gasteiger partial charge in [-0.1, -0.05) is 12.8 Å². The van der Waals surface area contributed by atoms with Gasteiger partial charge in [0, 0.05) is 18.9 Å². The van der Waals surface area contributed by atoms with E-state index in [0.717, 1.165) is 69.6 Å². The molecule has 1 aromatic heterocycles. The van der Waals surface area contributed by atoms with Crippen molar-refractivity contribution >= 4 is 5.97 Å². The predicted octanol–water partition coefficient (Wildman–Crippen LogP) is 5.66. The van der Waals surface area contributed by atoms with Crippen molar-refractivity contribution in [3.63, 3.8) is 0 Å². The minimum Gasteiger partial charge on any atom is -0.494 e. The standard InChI is InChI=1S/C25H38N2O4/c1-4-29-24(28)25(2,3)15-7-5-9-19-30-22-11-13-23(14-12-22)31-20-10-6-8-17-27-18-16-26-21-27/h11-14,16,18,21H,4-10,15,17,19-20H2,1-3H3. The molecule has 1 heterocycles. The molecule has 0 radical (unpaired) electrons. The number of esters is 1. The summed E-state index contributed by atoms with van der Waals surface area (Å²) in [5.41, 5.74) is -0.410. The van der Waals surface area contributed by atoms with E-state index in [4.69, 9.17) is 14.2 Å². The number of ether oxygens (including phenoxy) is 3. The van der Waals surface area contributed by atoms with Crippen LogP contribution in [0.25, 0.3) is 0 Å². The average Bonchev–Trinajstić information content (AvgIpc) is 3.27. The zero-order chi connectivity index (χ0) is 22.4. The second-order valence-corrected chi connectivity index (χ2v) is 8.44. The second kappa shape index (κ2) is 13.7. The van der Waals surface area contributed by atoms with Crippen LogP contribution < -0.4 is 9.47 Å². The van der Waals surface area contributed by atoms with Crippen LogP contribution in [0, 0.1) is 5.41 Å². The maximum atomic E-state index is 11.9. The molecular weight excluding hydrogens is 392 g/mol. The largest absolute Gasteiger partial charge is 0.494 e. The summed E-state index contributed by atoms with van der Waals surface area (Å²) in [6, 6.07) is 7.84. The molecule has 0 bridgehead atoms. The Morgan fingerprint density at radius 1 is 0.935 bits per heavy atom. The van der Waals surface area contributed by atoms with Crippen molar-refractivity contribution in [2.24, 2.45) is 5.41 Å². The van der Waals surface area contributed by atoms with E-state index in [0.29, 0.717) is 13.2 Å². The lowest BCUT2D eigenvalue weighted by Crippen LogP contribution is -2.26. The van der Waals surface area contributed by atoms with Crippen molar-refractivity contribution in [2.45, 2.75) is 72.3 Å². The van der Waals surface area contributed by atoms with E-state index in [9.17, 15) is 4.79 Å². The van der Waals surface area contributed by atoms with Crippen molar-refractivity contribution < 1.29 is 19.0 Å². The lowest BCUT2D eigenvalue weighted by atomic mass is 9.87. The number of nitrogens with zero attached hydrogens (tertiary/aromatic N) is 2. The maximum Gasteiger partial charge on any atom is 0.311 e. The molecule has 6 nitrogen and oxygen atoms in total. The molecule has 0 atom stereocenters. The van der Waals surface area contributed by atoms with Crippen LogP contribution >= 0.6 is 0 Å². The lowest BCUT2D eigenvalue weighted by molar-refractivity contribution is -0.153. The molecule has 1 aromatic carbocycles. The number of aryl methyl sites for hydroxylation is 1. The Morgan fingerprint density at radius 2 is 1.55 bits per heavy atom. The van der Waals surface area contributed by atoms with Crippen LogP contribution in [-0.4, -0.2) is 35.3 Å². The number of benzene rings is 1. The van der Waals surface area contributed by atoms with Crippen molar-refractivity contribution in [3.05, 3.63) is 43.0 Å². The van der Waals surface area contributed by atoms with Gasteiger partial charge in [-0.15, -0.1) is 0 Å². The minimum atomic E-state index is -0.410. The molecule has 0 spiro atoms. The van der Waals surface area contributed by atoms with Crippen molar-refractivity contribution in [2.75, 3.05) is 19.8 Å². The first kappa shape index (κ1) is 24.8. The number of carbonyl (C=O) groups excluding carboxylic acids is 1. The quantitative estimate of drug-likeness (QED) is 0.254. The molecule has 0 saturated carbocycles. The molecular formula is C25H38N2O4. The Labute approximate surface area is 186 Å². The van der Waals surface area contributed by atoms with Crippen LogP contribution in [-0.2, 0) is 16.1 Å². The number of imidazole rings is 1. The Morgan fingerprint density at radius 3 is 2.10 bits per heavy atom. The lowest BCUT2D eigenvalue weighted by Gasteiger charge is -2.21. The van der Waals surface area contributed by atoms with E-state index in [1.54, 1.807) is 0 Å². The van der Waals surface area contributed by atoms with Crippen molar-refractivity contribution in [3.8, 4) is 11.5 Å². The highest BCUT2D eigenvalue weighted by molar-refractivity contribution is 5.75. The highest BCUT2D eigenvalue weighted by Gasteiger charge is 2.28. The average molecular weight is 431 g/mol. The molecule has 0 aliphatic rings. The van der Waals surface area contributed by atoms with Crippen LogP contribution in [0.3, 0.4) is 0 Å². The smallest absolute Gasteiger partial charge is 0.311 e. The summed E-state index contributed by atoms with van der Waals surface area (Å²) < 4.78 is 18.9. The molecule has 0 amide bonds. The monoisotopic (exact) mass is 430 g/mol. The third-order valence-corrected chi connectivity index (χ3v) is 5.26. The first-order chi connectivity index (χ1) is 15.0. The Kier molecular flexibility index (Phi) is 11.0. The number of rotatable bonds is 16. The summed E-state index contributed by atoms with van der Waals surface area (Å²) in [5, 5.41) is 0. The summed E-state index contributed by atoms with van der Waals surface area (Å²) in [6.07, 6.45) is 12.8. The van der Waals surface area contributed by atoms with Gasteiger partial charge in [0.15, 0.2) is 0 Å². The molecule has 31 heavy (non-hydrogen) atoms. The first-order valence-corrected chi connectivity index (χ1v) is 11.5. The van der Waals surface area contributed by atoms with E-state index in [-0.39, 0.29) is 5.97 Å². The summed E-state index contributed by atoms with van der Waals surface area (Å²) >= 11 is 0. The molecule has 0 fully saturated rings. The molecule has 6 heteroatoms. The fourth-order valence-corrected chi connectivity index (χ4v) is 3.28. The van der Waals surface area contributed by atoms with E-state index >= 15 is 0 Å². The Hall–Kier alpha value is -2.50. The zero-order valence-electron chi connectivity index (χ0n) is 19.3. The fraction of sp³-hybridized carbons (Fsp3) is 0.600. The van der Waals surface area contributed by atoms with E-state index in [1.807, 2.05) is 63.8 Å². The fourth-order valence-electron chi connectivity index (χ4n) is 3.28. The first-order valence-electron chi connectivity index (χ1n) is 11.5. The third-order valence-electron chi connectivity index (χ3n) is 5.26. The third kappa shape index (κ3) is 9.90. The predicted molar refractivity (Wildman–Crippen MR) is 122 cm³/mol. The highest BCUT2D eigenvalue weighted by atomic mass is 16.5. The van der Waals surface area contributed by atoms with Gasteiger partial charge in [0.05, 0.1) is 31.6 Å². The number of aromatic nitrogens is 2. The minimum absolute atomic E-state index is 0.108. The SMILES string of the molecule is CCOC(=O)C(C)(C)CCCCCOc1ccc(OCCCCCn2ccnc2)cc1. The van der Waals surface area contributed by atoms with E-state index < -0.39 is 5.41 Å². The molecule has 0 aliphatic carbocycles. The molecule has 2 rings (SSSR count). The van der Waals surface area contributed by atoms with Crippen LogP contribution in [0.4, 0.5) is 0 Å². The molecule has 2 aromatic rings. The summed E-state index contributed by atoms with van der Waals surface area (Å²) in [6.45, 7) is 8.60. The van der Waals surface area contributed by atoms with E-state index in [2.05, 4.69) is 9.55 Å². The molecule has 0 aliphatic heterocycles. The second-order valence-electron chi connectivity index (χ2n) is 8.44. The summed E-state index contributed by atoms with van der Waals surface area (Å²) in [5.74, 6) is 1.63. The Bertz CT molecular complexity index is 726. The van der Waals surface area contributed by atoms with Crippen molar-refractivity contribution in [1.82, 2.24) is 9.55 Å². The molecule has 0 unspecified atom stereocenters. The zero-order valence-corrected chi connectivity index (χ0v) is 19.3. The van der Waals surface area contributed by atoms with Gasteiger partial charge in [-0.2, -0.15) is 0 Å². The van der Waals surface area contributed by atoms with Crippen LogP contribution in [0.1, 0.15) is 65.7 Å². The number of hydrogen-bond acceptors (Lipinski definition) is 5. The van der Waals surface area contributed by atoms with Crippen LogP contribution in [0.15, 0.2) is 43.0 Å². The number of carbonyl (C=O) groups is 1. The van der Waals surface area contributed by atoms with Crippen LogP contribution in [0.5, 0.6) is 11.5 Å². The van der Waals surface area contributed by atoms with Gasteiger partial charge in [-0.05, 0) is 77.1 Å². The van der Waals surface area contributed by atoms with Gasteiger partial charge in [-0.25, -0.2) is 4.98 Å².